The summed E-state index contributed by atoms with van der Waals surface area (Å²) in [4.78, 5) is 2.36. The van der Waals surface area contributed by atoms with Crippen molar-refractivity contribution < 1.29 is 4.42 Å². The molecule has 0 fully saturated rings. The van der Waals surface area contributed by atoms with Crippen LogP contribution in [0.5, 0.6) is 0 Å². The van der Waals surface area contributed by atoms with Crippen LogP contribution in [0.4, 0.5) is 0 Å². The van der Waals surface area contributed by atoms with Crippen molar-refractivity contribution in [2.45, 2.75) is 33.5 Å². The summed E-state index contributed by atoms with van der Waals surface area (Å²) in [6.45, 7) is 8.96. The molecular weight excluding hydrogens is 328 g/mol. The molecule has 1 aromatic heterocycles. The first-order chi connectivity index (χ1) is 10.2. The van der Waals surface area contributed by atoms with Gasteiger partial charge in [0.25, 0.3) is 0 Å². The van der Waals surface area contributed by atoms with Gasteiger partial charge >= 0.3 is 0 Å². The van der Waals surface area contributed by atoms with Gasteiger partial charge in [0.05, 0.1) is 12.8 Å². The Balaban J connectivity index is 2.00. The summed E-state index contributed by atoms with van der Waals surface area (Å²) in [5, 5.41) is 3.35. The van der Waals surface area contributed by atoms with Gasteiger partial charge in [-0.1, -0.05) is 41.9 Å². The third-order valence-corrected chi connectivity index (χ3v) is 4.24. The zero-order valence-electron chi connectivity index (χ0n) is 12.7. The Labute approximate surface area is 135 Å². The molecule has 0 aliphatic rings. The SMILES string of the molecule is CCNCc1ccc(CN(CC)Cc2ccco2)c(Br)c1. The van der Waals surface area contributed by atoms with E-state index in [0.29, 0.717) is 0 Å². The molecule has 4 heteroatoms. The van der Waals surface area contributed by atoms with E-state index >= 15 is 0 Å². The molecule has 0 radical (unpaired) electrons. The van der Waals surface area contributed by atoms with Crippen LogP contribution in [0, 0.1) is 0 Å². The Kier molecular flexibility index (Phi) is 6.49. The lowest BCUT2D eigenvalue weighted by Crippen LogP contribution is -2.22. The molecule has 0 amide bonds. The molecule has 0 atom stereocenters. The van der Waals surface area contributed by atoms with Crippen LogP contribution in [0.25, 0.3) is 0 Å². The fraction of sp³-hybridized carbons (Fsp3) is 0.412. The van der Waals surface area contributed by atoms with Gasteiger partial charge in [-0.15, -0.1) is 0 Å². The fourth-order valence-corrected chi connectivity index (χ4v) is 2.79. The average Bonchev–Trinajstić information content (AvgIpc) is 2.99. The summed E-state index contributed by atoms with van der Waals surface area (Å²) in [7, 11) is 0. The van der Waals surface area contributed by atoms with Gasteiger partial charge in [0, 0.05) is 17.6 Å². The van der Waals surface area contributed by atoms with Crippen molar-refractivity contribution in [2.24, 2.45) is 0 Å². The van der Waals surface area contributed by atoms with Crippen LogP contribution in [0.3, 0.4) is 0 Å². The second-order valence-corrected chi connectivity index (χ2v) is 5.94. The first-order valence-electron chi connectivity index (χ1n) is 7.45. The molecule has 21 heavy (non-hydrogen) atoms. The van der Waals surface area contributed by atoms with Gasteiger partial charge in [-0.05, 0) is 42.4 Å². The Hall–Kier alpha value is -1.10. The predicted molar refractivity (Wildman–Crippen MR) is 90.0 cm³/mol. The largest absolute Gasteiger partial charge is 0.468 e. The molecule has 3 nitrogen and oxygen atoms in total. The van der Waals surface area contributed by atoms with Crippen LogP contribution in [-0.4, -0.2) is 18.0 Å². The average molecular weight is 351 g/mol. The number of rotatable bonds is 8. The highest BCUT2D eigenvalue weighted by atomic mass is 79.9. The van der Waals surface area contributed by atoms with Gasteiger partial charge in [0.15, 0.2) is 0 Å². The van der Waals surface area contributed by atoms with Gasteiger partial charge in [0.1, 0.15) is 5.76 Å². The second kappa shape index (κ2) is 8.37. The van der Waals surface area contributed by atoms with E-state index in [1.807, 2.05) is 12.1 Å². The van der Waals surface area contributed by atoms with E-state index in [4.69, 9.17) is 4.42 Å². The number of benzene rings is 1. The predicted octanol–water partition coefficient (Wildman–Crippen LogP) is 4.17. The maximum atomic E-state index is 5.44. The molecule has 0 saturated heterocycles. The summed E-state index contributed by atoms with van der Waals surface area (Å²) in [5.41, 5.74) is 2.62. The smallest absolute Gasteiger partial charge is 0.117 e. The van der Waals surface area contributed by atoms with Gasteiger partial charge in [-0.2, -0.15) is 0 Å². The molecule has 1 N–H and O–H groups in total. The first kappa shape index (κ1) is 16.3. The summed E-state index contributed by atoms with van der Waals surface area (Å²) in [6, 6.07) is 10.6. The van der Waals surface area contributed by atoms with Crippen molar-refractivity contribution in [1.82, 2.24) is 10.2 Å². The summed E-state index contributed by atoms with van der Waals surface area (Å²) < 4.78 is 6.61. The van der Waals surface area contributed by atoms with Crippen molar-refractivity contribution >= 4 is 15.9 Å². The normalized spacial score (nSPS) is 11.2. The van der Waals surface area contributed by atoms with Crippen molar-refractivity contribution in [3.8, 4) is 0 Å². The molecule has 114 valence electrons. The van der Waals surface area contributed by atoms with Gasteiger partial charge in [-0.3, -0.25) is 4.90 Å². The van der Waals surface area contributed by atoms with Crippen molar-refractivity contribution in [3.63, 3.8) is 0 Å². The number of halogens is 1. The minimum Gasteiger partial charge on any atom is -0.468 e. The van der Waals surface area contributed by atoms with E-state index in [0.717, 1.165) is 38.5 Å². The molecule has 1 aromatic carbocycles. The quantitative estimate of drug-likeness (QED) is 0.774. The van der Waals surface area contributed by atoms with E-state index in [1.165, 1.54) is 15.6 Å². The highest BCUT2D eigenvalue weighted by molar-refractivity contribution is 9.10. The fourth-order valence-electron chi connectivity index (χ4n) is 2.24. The van der Waals surface area contributed by atoms with E-state index in [2.05, 4.69) is 58.2 Å². The monoisotopic (exact) mass is 350 g/mol. The molecular formula is C17H23BrN2O. The van der Waals surface area contributed by atoms with Crippen LogP contribution < -0.4 is 5.32 Å². The zero-order valence-corrected chi connectivity index (χ0v) is 14.3. The van der Waals surface area contributed by atoms with Gasteiger partial charge in [-0.25, -0.2) is 0 Å². The summed E-state index contributed by atoms with van der Waals surface area (Å²) in [6.07, 6.45) is 1.73. The Bertz CT molecular complexity index is 540. The molecule has 2 aromatic rings. The molecule has 0 aliphatic carbocycles. The minimum atomic E-state index is 0.842. The highest BCUT2D eigenvalue weighted by Gasteiger charge is 2.09. The topological polar surface area (TPSA) is 28.4 Å². The van der Waals surface area contributed by atoms with Crippen LogP contribution in [0.2, 0.25) is 0 Å². The highest BCUT2D eigenvalue weighted by Crippen LogP contribution is 2.21. The minimum absolute atomic E-state index is 0.842. The summed E-state index contributed by atoms with van der Waals surface area (Å²) >= 11 is 3.70. The Morgan fingerprint density at radius 1 is 1.19 bits per heavy atom. The number of hydrogen-bond donors (Lipinski definition) is 1. The third-order valence-electron chi connectivity index (χ3n) is 3.50. The third kappa shape index (κ3) is 4.99. The van der Waals surface area contributed by atoms with E-state index in [1.54, 1.807) is 6.26 Å². The van der Waals surface area contributed by atoms with Gasteiger partial charge in [0.2, 0.25) is 0 Å². The lowest BCUT2D eigenvalue weighted by Gasteiger charge is -2.20. The number of furan rings is 1. The second-order valence-electron chi connectivity index (χ2n) is 5.09. The van der Waals surface area contributed by atoms with Gasteiger partial charge < -0.3 is 9.73 Å². The lowest BCUT2D eigenvalue weighted by atomic mass is 10.1. The van der Waals surface area contributed by atoms with Crippen LogP contribution in [0.15, 0.2) is 45.5 Å². The van der Waals surface area contributed by atoms with Crippen molar-refractivity contribution in [1.29, 1.82) is 0 Å². The van der Waals surface area contributed by atoms with Crippen molar-refractivity contribution in [2.75, 3.05) is 13.1 Å². The maximum Gasteiger partial charge on any atom is 0.117 e. The van der Waals surface area contributed by atoms with E-state index in [9.17, 15) is 0 Å². The number of hydrogen-bond acceptors (Lipinski definition) is 3. The van der Waals surface area contributed by atoms with Crippen LogP contribution in [-0.2, 0) is 19.6 Å². The molecule has 0 bridgehead atoms. The number of nitrogens with zero attached hydrogens (tertiary/aromatic N) is 1. The van der Waals surface area contributed by atoms with Crippen molar-refractivity contribution in [3.05, 3.63) is 58.0 Å². The molecule has 0 saturated carbocycles. The first-order valence-corrected chi connectivity index (χ1v) is 8.25. The van der Waals surface area contributed by atoms with E-state index < -0.39 is 0 Å². The molecule has 0 spiro atoms. The summed E-state index contributed by atoms with van der Waals surface area (Å²) in [5.74, 6) is 1.01. The molecule has 1 heterocycles. The number of nitrogens with one attached hydrogen (secondary N) is 1. The standard InChI is InChI=1S/C17H23BrN2O/c1-3-19-11-14-7-8-15(17(18)10-14)12-20(4-2)13-16-6-5-9-21-16/h5-10,19H,3-4,11-13H2,1-2H3. The van der Waals surface area contributed by atoms with E-state index in [-0.39, 0.29) is 0 Å². The Morgan fingerprint density at radius 3 is 2.67 bits per heavy atom. The molecule has 0 unspecified atom stereocenters. The van der Waals surface area contributed by atoms with Crippen LogP contribution >= 0.6 is 15.9 Å². The maximum absolute atomic E-state index is 5.44. The molecule has 0 aliphatic heterocycles. The zero-order chi connectivity index (χ0) is 15.1. The lowest BCUT2D eigenvalue weighted by molar-refractivity contribution is 0.247. The molecule has 2 rings (SSSR count). The Morgan fingerprint density at radius 2 is 2.05 bits per heavy atom. The van der Waals surface area contributed by atoms with Crippen LogP contribution in [0.1, 0.15) is 30.7 Å².